The second-order valence-corrected chi connectivity index (χ2v) is 7.77. The van der Waals surface area contributed by atoms with Crippen LogP contribution in [0.4, 0.5) is 11.4 Å². The van der Waals surface area contributed by atoms with Crippen LogP contribution in [0.15, 0.2) is 42.5 Å². The molecule has 4 nitrogen and oxygen atoms in total. The van der Waals surface area contributed by atoms with Gasteiger partial charge in [-0.2, -0.15) is 0 Å². The Morgan fingerprint density at radius 1 is 0.793 bits per heavy atom. The Morgan fingerprint density at radius 3 is 2.14 bits per heavy atom. The molecule has 0 heterocycles. The van der Waals surface area contributed by atoms with Crippen LogP contribution in [-0.2, 0) is 4.79 Å². The second-order valence-electron chi connectivity index (χ2n) is 7.77. The summed E-state index contributed by atoms with van der Waals surface area (Å²) in [6.07, 6.45) is 8.91. The molecule has 0 spiro atoms. The average Bonchev–Trinajstić information content (AvgIpc) is 2.70. The minimum Gasteiger partial charge on any atom is -0.326 e. The highest BCUT2D eigenvalue weighted by Crippen LogP contribution is 2.18. The van der Waals surface area contributed by atoms with E-state index in [-0.39, 0.29) is 11.8 Å². The van der Waals surface area contributed by atoms with Gasteiger partial charge in [0.2, 0.25) is 5.91 Å². The normalized spacial score (nSPS) is 10.6. The molecule has 0 fully saturated rings. The summed E-state index contributed by atoms with van der Waals surface area (Å²) in [6, 6.07) is 13.0. The van der Waals surface area contributed by atoms with E-state index in [0.29, 0.717) is 12.0 Å². The molecule has 4 heteroatoms. The fourth-order valence-corrected chi connectivity index (χ4v) is 3.24. The number of hydrogen-bond donors (Lipinski definition) is 2. The predicted molar refractivity (Wildman–Crippen MR) is 122 cm³/mol. The maximum absolute atomic E-state index is 12.5. The van der Waals surface area contributed by atoms with Gasteiger partial charge in [-0.05, 0) is 61.7 Å². The molecule has 29 heavy (non-hydrogen) atoms. The quantitative estimate of drug-likeness (QED) is 0.420. The molecule has 0 radical (unpaired) electrons. The Kier molecular flexibility index (Phi) is 9.42. The minimum absolute atomic E-state index is 0.0335. The number of unbranched alkanes of at least 4 members (excludes halogenated alkanes) is 6. The van der Waals surface area contributed by atoms with Crippen LogP contribution in [0.1, 0.15) is 79.8 Å². The van der Waals surface area contributed by atoms with Gasteiger partial charge in [0.25, 0.3) is 5.91 Å². The number of hydrogen-bond acceptors (Lipinski definition) is 2. The van der Waals surface area contributed by atoms with Crippen molar-refractivity contribution in [2.75, 3.05) is 10.6 Å². The van der Waals surface area contributed by atoms with E-state index in [1.54, 1.807) is 24.3 Å². The van der Waals surface area contributed by atoms with Crippen LogP contribution in [-0.4, -0.2) is 11.8 Å². The fraction of sp³-hybridized carbons (Fsp3) is 0.440. The number of aryl methyl sites for hydroxylation is 2. The average molecular weight is 395 g/mol. The Balaban J connectivity index is 1.77. The van der Waals surface area contributed by atoms with Gasteiger partial charge in [0.1, 0.15) is 0 Å². The molecule has 2 aromatic rings. The van der Waals surface area contributed by atoms with Gasteiger partial charge in [0.05, 0.1) is 0 Å². The summed E-state index contributed by atoms with van der Waals surface area (Å²) >= 11 is 0. The molecule has 0 saturated heterocycles. The van der Waals surface area contributed by atoms with E-state index in [1.807, 2.05) is 32.0 Å². The topological polar surface area (TPSA) is 58.2 Å². The third-order valence-electron chi connectivity index (χ3n) is 5.08. The first-order valence-electron chi connectivity index (χ1n) is 10.8. The van der Waals surface area contributed by atoms with Crippen molar-refractivity contribution in [2.24, 2.45) is 0 Å². The number of rotatable bonds is 11. The van der Waals surface area contributed by atoms with Crippen molar-refractivity contribution in [1.82, 2.24) is 0 Å². The summed E-state index contributed by atoms with van der Waals surface area (Å²) in [5, 5.41) is 5.87. The maximum Gasteiger partial charge on any atom is 0.255 e. The Morgan fingerprint density at radius 2 is 1.45 bits per heavy atom. The molecule has 0 atom stereocenters. The fourth-order valence-electron chi connectivity index (χ4n) is 3.24. The van der Waals surface area contributed by atoms with Crippen molar-refractivity contribution in [3.63, 3.8) is 0 Å². The van der Waals surface area contributed by atoms with Gasteiger partial charge in [-0.1, -0.05) is 57.6 Å². The van der Waals surface area contributed by atoms with Crippen LogP contribution < -0.4 is 10.6 Å². The van der Waals surface area contributed by atoms with E-state index in [0.717, 1.165) is 35.3 Å². The zero-order chi connectivity index (χ0) is 21.1. The van der Waals surface area contributed by atoms with Gasteiger partial charge >= 0.3 is 0 Å². The summed E-state index contributed by atoms with van der Waals surface area (Å²) < 4.78 is 0. The van der Waals surface area contributed by atoms with Gasteiger partial charge in [0, 0.05) is 23.4 Å². The number of anilines is 2. The van der Waals surface area contributed by atoms with Gasteiger partial charge in [-0.3, -0.25) is 9.59 Å². The van der Waals surface area contributed by atoms with Crippen LogP contribution >= 0.6 is 0 Å². The highest BCUT2D eigenvalue weighted by molar-refractivity contribution is 6.05. The molecule has 0 bridgehead atoms. The monoisotopic (exact) mass is 394 g/mol. The van der Waals surface area contributed by atoms with E-state index in [2.05, 4.69) is 17.6 Å². The third-order valence-corrected chi connectivity index (χ3v) is 5.08. The molecule has 2 N–H and O–H groups in total. The molecule has 2 rings (SSSR count). The molecule has 2 amide bonds. The first kappa shape index (κ1) is 22.7. The number of carbonyl (C=O) groups is 2. The van der Waals surface area contributed by atoms with Crippen LogP contribution in [0.3, 0.4) is 0 Å². The molecule has 0 aromatic heterocycles. The Labute approximate surface area is 175 Å². The summed E-state index contributed by atoms with van der Waals surface area (Å²) in [6.45, 7) is 6.19. The molecule has 0 aliphatic carbocycles. The lowest BCUT2D eigenvalue weighted by Gasteiger charge is -2.10. The van der Waals surface area contributed by atoms with Crippen LogP contribution in [0, 0.1) is 13.8 Å². The van der Waals surface area contributed by atoms with Gasteiger partial charge in [0.15, 0.2) is 0 Å². The lowest BCUT2D eigenvalue weighted by atomic mass is 10.1. The van der Waals surface area contributed by atoms with Crippen molar-refractivity contribution < 1.29 is 9.59 Å². The zero-order valence-corrected chi connectivity index (χ0v) is 18.0. The predicted octanol–water partition coefficient (Wildman–Crippen LogP) is 6.63. The highest BCUT2D eigenvalue weighted by Gasteiger charge is 2.09. The van der Waals surface area contributed by atoms with Gasteiger partial charge < -0.3 is 10.6 Å². The highest BCUT2D eigenvalue weighted by atomic mass is 16.2. The van der Waals surface area contributed by atoms with Crippen molar-refractivity contribution in [1.29, 1.82) is 0 Å². The second kappa shape index (κ2) is 12.1. The van der Waals surface area contributed by atoms with E-state index in [9.17, 15) is 9.59 Å². The molecule has 0 unspecified atom stereocenters. The molecule has 0 aliphatic heterocycles. The van der Waals surface area contributed by atoms with Crippen LogP contribution in [0.5, 0.6) is 0 Å². The summed E-state index contributed by atoms with van der Waals surface area (Å²) in [7, 11) is 0. The molecular weight excluding hydrogens is 360 g/mol. The third kappa shape index (κ3) is 8.10. The number of nitrogens with one attached hydrogen (secondary N) is 2. The first-order chi connectivity index (χ1) is 14.0. The van der Waals surface area contributed by atoms with E-state index >= 15 is 0 Å². The molecule has 156 valence electrons. The number of benzene rings is 2. The molecule has 0 saturated carbocycles. The number of carbonyl (C=O) groups excluding carboxylic acids is 2. The van der Waals surface area contributed by atoms with Crippen molar-refractivity contribution >= 4 is 23.2 Å². The van der Waals surface area contributed by atoms with E-state index < -0.39 is 0 Å². The van der Waals surface area contributed by atoms with E-state index in [4.69, 9.17) is 0 Å². The Hall–Kier alpha value is -2.62. The standard InChI is InChI=1S/C25H34N2O2/c1-4-5-6-7-8-9-10-11-24(28)26-22-16-14-21(15-17-22)25(29)27-23-18-19(2)12-13-20(23)3/h12-18H,4-11H2,1-3H3,(H,26,28)(H,27,29). The van der Waals surface area contributed by atoms with E-state index in [1.165, 1.54) is 32.1 Å². The molecule has 0 aliphatic rings. The summed E-state index contributed by atoms with van der Waals surface area (Å²) in [4.78, 5) is 24.6. The van der Waals surface area contributed by atoms with Crippen molar-refractivity contribution in [2.45, 2.75) is 72.1 Å². The molecule has 2 aromatic carbocycles. The SMILES string of the molecule is CCCCCCCCCC(=O)Nc1ccc(C(=O)Nc2cc(C)ccc2C)cc1. The lowest BCUT2D eigenvalue weighted by molar-refractivity contribution is -0.116. The summed E-state index contributed by atoms with van der Waals surface area (Å²) in [5.74, 6) is -0.120. The molecular formula is C25H34N2O2. The summed E-state index contributed by atoms with van der Waals surface area (Å²) in [5.41, 5.74) is 4.24. The number of amides is 2. The van der Waals surface area contributed by atoms with Gasteiger partial charge in [-0.25, -0.2) is 0 Å². The Bertz CT molecular complexity index is 797. The maximum atomic E-state index is 12.5. The van der Waals surface area contributed by atoms with Crippen LogP contribution in [0.25, 0.3) is 0 Å². The minimum atomic E-state index is -0.153. The van der Waals surface area contributed by atoms with Crippen molar-refractivity contribution in [3.8, 4) is 0 Å². The zero-order valence-electron chi connectivity index (χ0n) is 18.0. The first-order valence-corrected chi connectivity index (χ1v) is 10.8. The largest absolute Gasteiger partial charge is 0.326 e. The van der Waals surface area contributed by atoms with Gasteiger partial charge in [-0.15, -0.1) is 0 Å². The van der Waals surface area contributed by atoms with Crippen LogP contribution in [0.2, 0.25) is 0 Å². The lowest BCUT2D eigenvalue weighted by Crippen LogP contribution is -2.14. The smallest absolute Gasteiger partial charge is 0.255 e. The van der Waals surface area contributed by atoms with Crippen molar-refractivity contribution in [3.05, 3.63) is 59.2 Å².